The summed E-state index contributed by atoms with van der Waals surface area (Å²) in [6.45, 7) is 1.81. The number of hydrogen-bond donors (Lipinski definition) is 2. The van der Waals surface area contributed by atoms with Crippen molar-refractivity contribution in [1.82, 2.24) is 24.5 Å². The van der Waals surface area contributed by atoms with Crippen LogP contribution in [0, 0.1) is 11.3 Å². The molecule has 0 bridgehead atoms. The number of fused-ring (bicyclic) bond motifs is 2. The van der Waals surface area contributed by atoms with Gasteiger partial charge in [-0.1, -0.05) is 29.8 Å². The van der Waals surface area contributed by atoms with Crippen molar-refractivity contribution in [2.45, 2.75) is 13.0 Å². The van der Waals surface area contributed by atoms with Gasteiger partial charge >= 0.3 is 0 Å². The van der Waals surface area contributed by atoms with E-state index in [2.05, 4.69) is 20.3 Å². The summed E-state index contributed by atoms with van der Waals surface area (Å²) in [7, 11) is 0. The van der Waals surface area contributed by atoms with Crippen molar-refractivity contribution in [2.24, 2.45) is 0 Å². The molecule has 34 heavy (non-hydrogen) atoms. The molecule has 166 valence electrons. The molecule has 0 saturated carbocycles. The van der Waals surface area contributed by atoms with Gasteiger partial charge in [0.15, 0.2) is 0 Å². The Kier molecular flexibility index (Phi) is 5.28. The number of pyridine rings is 1. The maximum atomic E-state index is 13.7. The van der Waals surface area contributed by atoms with E-state index in [0.717, 1.165) is 10.9 Å². The number of nitrogens with one attached hydrogen (secondary N) is 1. The van der Waals surface area contributed by atoms with Gasteiger partial charge in [0, 0.05) is 11.6 Å². The normalized spacial score (nSPS) is 11.9. The van der Waals surface area contributed by atoms with Crippen LogP contribution in [0.1, 0.15) is 24.4 Å². The second kappa shape index (κ2) is 8.42. The topological polar surface area (TPSA) is 135 Å². The highest BCUT2D eigenvalue weighted by Crippen LogP contribution is 2.26. The number of anilines is 2. The smallest absolute Gasteiger partial charge is 0.267 e. The monoisotopic (exact) mass is 468 g/mol. The van der Waals surface area contributed by atoms with E-state index in [1.165, 1.54) is 10.8 Å². The molecule has 0 spiro atoms. The van der Waals surface area contributed by atoms with Crippen molar-refractivity contribution < 1.29 is 0 Å². The number of nitrogens with zero attached hydrogens (tertiary/aromatic N) is 6. The summed E-state index contributed by atoms with van der Waals surface area (Å²) >= 11 is 6.39. The summed E-state index contributed by atoms with van der Waals surface area (Å²) in [5.74, 6) is 0.663. The summed E-state index contributed by atoms with van der Waals surface area (Å²) in [5, 5.41) is 14.1. The number of hydrogen-bond acceptors (Lipinski definition) is 8. The minimum absolute atomic E-state index is 0.0185. The maximum Gasteiger partial charge on any atom is 0.267 e. The first-order valence-corrected chi connectivity index (χ1v) is 10.7. The molecule has 3 aromatic heterocycles. The Hall–Kier alpha value is -4.55. The molecule has 9 nitrogen and oxygen atoms in total. The molecule has 0 aliphatic carbocycles. The van der Waals surface area contributed by atoms with E-state index in [1.54, 1.807) is 24.4 Å². The van der Waals surface area contributed by atoms with Gasteiger partial charge in [-0.25, -0.2) is 9.97 Å². The van der Waals surface area contributed by atoms with Crippen LogP contribution in [0.5, 0.6) is 0 Å². The largest absolute Gasteiger partial charge is 0.368 e. The molecule has 3 heterocycles. The van der Waals surface area contributed by atoms with E-state index in [1.807, 2.05) is 43.3 Å². The van der Waals surface area contributed by atoms with E-state index in [0.29, 0.717) is 27.4 Å². The average Bonchev–Trinajstić information content (AvgIpc) is 2.83. The molecule has 0 saturated heterocycles. The average molecular weight is 469 g/mol. The quantitative estimate of drug-likeness (QED) is 0.404. The number of aromatic nitrogens is 5. The van der Waals surface area contributed by atoms with Crippen LogP contribution in [0.3, 0.4) is 0 Å². The van der Waals surface area contributed by atoms with Gasteiger partial charge in [0.25, 0.3) is 5.56 Å². The summed E-state index contributed by atoms with van der Waals surface area (Å²) < 4.78 is 1.50. The molecule has 0 aliphatic heterocycles. The van der Waals surface area contributed by atoms with Crippen LogP contribution in [0.25, 0.3) is 27.5 Å². The van der Waals surface area contributed by atoms with Gasteiger partial charge in [0.2, 0.25) is 5.95 Å². The van der Waals surface area contributed by atoms with Crippen molar-refractivity contribution in [2.75, 3.05) is 11.1 Å². The lowest BCUT2D eigenvalue weighted by Gasteiger charge is -2.21. The zero-order valence-corrected chi connectivity index (χ0v) is 18.7. The Balaban J connectivity index is 1.74. The van der Waals surface area contributed by atoms with E-state index >= 15 is 0 Å². The molecule has 5 aromatic rings. The Morgan fingerprint density at radius 2 is 1.97 bits per heavy atom. The van der Waals surface area contributed by atoms with Crippen LogP contribution in [-0.2, 0) is 0 Å². The van der Waals surface area contributed by atoms with Gasteiger partial charge in [-0.3, -0.25) is 14.3 Å². The molecule has 3 N–H and O–H groups in total. The van der Waals surface area contributed by atoms with E-state index in [4.69, 9.17) is 22.3 Å². The van der Waals surface area contributed by atoms with Crippen LogP contribution in [0.15, 0.2) is 65.7 Å². The number of benzene rings is 2. The van der Waals surface area contributed by atoms with Crippen molar-refractivity contribution in [3.8, 4) is 11.8 Å². The van der Waals surface area contributed by atoms with Crippen LogP contribution in [0.4, 0.5) is 11.8 Å². The lowest BCUT2D eigenvalue weighted by Crippen LogP contribution is -2.27. The van der Waals surface area contributed by atoms with Gasteiger partial charge in [-0.2, -0.15) is 10.2 Å². The third-order valence-corrected chi connectivity index (χ3v) is 5.70. The van der Waals surface area contributed by atoms with E-state index in [9.17, 15) is 10.1 Å². The predicted octanol–water partition coefficient (Wildman–Crippen LogP) is 4.00. The van der Waals surface area contributed by atoms with E-state index < -0.39 is 6.04 Å². The number of halogens is 1. The summed E-state index contributed by atoms with van der Waals surface area (Å²) in [6.07, 6.45) is 3.03. The van der Waals surface area contributed by atoms with Crippen LogP contribution in [0.2, 0.25) is 5.02 Å². The Morgan fingerprint density at radius 1 is 1.12 bits per heavy atom. The van der Waals surface area contributed by atoms with Crippen LogP contribution < -0.4 is 16.6 Å². The lowest BCUT2D eigenvalue weighted by atomic mass is 10.1. The van der Waals surface area contributed by atoms with Gasteiger partial charge in [0.05, 0.1) is 39.4 Å². The molecule has 2 aromatic carbocycles. The van der Waals surface area contributed by atoms with Gasteiger partial charge in [-0.15, -0.1) is 0 Å². The molecule has 1 atom stereocenters. The molecule has 5 rings (SSSR count). The molecule has 0 fully saturated rings. The lowest BCUT2D eigenvalue weighted by molar-refractivity contribution is 0.731. The van der Waals surface area contributed by atoms with Gasteiger partial charge < -0.3 is 11.1 Å². The Morgan fingerprint density at radius 3 is 2.79 bits per heavy atom. The fourth-order valence-electron chi connectivity index (χ4n) is 3.80. The SMILES string of the molecule is C[C@@H](Nc1nc(N)ncc1C#N)c1nc2cccc(Cl)c2c(=O)n1-c1ccc2cccnc2c1. The third kappa shape index (κ3) is 3.66. The van der Waals surface area contributed by atoms with Crippen LogP contribution in [-0.4, -0.2) is 24.5 Å². The predicted molar refractivity (Wildman–Crippen MR) is 131 cm³/mol. The summed E-state index contributed by atoms with van der Waals surface area (Å²) in [5.41, 5.74) is 7.38. The van der Waals surface area contributed by atoms with Crippen LogP contribution >= 0.6 is 11.6 Å². The first kappa shape index (κ1) is 21.3. The first-order valence-electron chi connectivity index (χ1n) is 10.3. The Bertz CT molecular complexity index is 1670. The number of nitrogen functional groups attached to an aromatic ring is 1. The summed E-state index contributed by atoms with van der Waals surface area (Å²) in [4.78, 5) is 30.9. The third-order valence-electron chi connectivity index (χ3n) is 5.39. The number of nitriles is 1. The molecule has 10 heteroatoms. The highest BCUT2D eigenvalue weighted by molar-refractivity contribution is 6.35. The number of rotatable bonds is 4. The van der Waals surface area contributed by atoms with Gasteiger partial charge in [0.1, 0.15) is 23.3 Å². The van der Waals surface area contributed by atoms with Crippen molar-refractivity contribution >= 4 is 45.2 Å². The zero-order chi connectivity index (χ0) is 23.8. The standard InChI is InChI=1S/C24H17ClN8O/c1-13(30-21-15(11-26)12-29-24(27)32-21)22-31-18-6-2-5-17(25)20(18)23(34)33(22)16-8-7-14-4-3-9-28-19(14)10-16/h2-10,12-13H,1H3,(H3,27,29,30,32)/t13-/m1/s1. The maximum absolute atomic E-state index is 13.7. The van der Waals surface area contributed by atoms with Crippen molar-refractivity contribution in [3.05, 3.63) is 87.7 Å². The van der Waals surface area contributed by atoms with E-state index in [-0.39, 0.29) is 22.9 Å². The second-order valence-electron chi connectivity index (χ2n) is 7.59. The number of nitrogens with two attached hydrogens (primary N) is 1. The fourth-order valence-corrected chi connectivity index (χ4v) is 4.05. The van der Waals surface area contributed by atoms with Crippen molar-refractivity contribution in [1.29, 1.82) is 5.26 Å². The molecule has 0 radical (unpaired) electrons. The molecule has 0 unspecified atom stereocenters. The molecular weight excluding hydrogens is 452 g/mol. The zero-order valence-electron chi connectivity index (χ0n) is 17.9. The summed E-state index contributed by atoms with van der Waals surface area (Å²) in [6, 6.07) is 16.0. The first-order chi connectivity index (χ1) is 16.5. The minimum atomic E-state index is -0.545. The second-order valence-corrected chi connectivity index (χ2v) is 8.00. The Labute approximate surface area is 198 Å². The minimum Gasteiger partial charge on any atom is -0.368 e. The molecular formula is C24H17ClN8O. The highest BCUT2D eigenvalue weighted by atomic mass is 35.5. The highest BCUT2D eigenvalue weighted by Gasteiger charge is 2.21. The fraction of sp³-hybridized carbons (Fsp3) is 0.0833. The van der Waals surface area contributed by atoms with Crippen molar-refractivity contribution in [3.63, 3.8) is 0 Å². The molecule has 0 amide bonds. The molecule has 0 aliphatic rings. The van der Waals surface area contributed by atoms with Gasteiger partial charge in [-0.05, 0) is 37.3 Å².